The van der Waals surface area contributed by atoms with Gasteiger partial charge in [-0.2, -0.15) is 0 Å². The lowest BCUT2D eigenvalue weighted by Gasteiger charge is -2.26. The van der Waals surface area contributed by atoms with Crippen LogP contribution in [0.25, 0.3) is 0 Å². The Bertz CT molecular complexity index is 622. The van der Waals surface area contributed by atoms with E-state index in [0.717, 1.165) is 23.3 Å². The molecule has 2 aromatic rings. The van der Waals surface area contributed by atoms with E-state index in [1.807, 2.05) is 25.1 Å². The van der Waals surface area contributed by atoms with Crippen LogP contribution in [0.15, 0.2) is 42.5 Å². The van der Waals surface area contributed by atoms with E-state index in [-0.39, 0.29) is 5.82 Å². The van der Waals surface area contributed by atoms with Crippen LogP contribution in [-0.2, 0) is 12.0 Å². The Morgan fingerprint density at radius 1 is 1.21 bits per heavy atom. The number of halogens is 1. The molecule has 0 amide bonds. The Morgan fingerprint density at radius 3 is 2.79 bits per heavy atom. The Balaban J connectivity index is 2.07. The van der Waals surface area contributed by atoms with E-state index in [0.29, 0.717) is 12.2 Å². The molecule has 2 N–H and O–H groups in total. The summed E-state index contributed by atoms with van der Waals surface area (Å²) in [6.07, 6.45) is 0.885. The molecular formula is C16H16FNO. The lowest BCUT2D eigenvalue weighted by Crippen LogP contribution is -2.35. The summed E-state index contributed by atoms with van der Waals surface area (Å²) in [5, 5.41) is 0. The summed E-state index contributed by atoms with van der Waals surface area (Å²) in [6, 6.07) is 12.5. The SMILES string of the molecule is CC(N)(c1ccc2c(c1)CCO2)c1ccccc1F. The van der Waals surface area contributed by atoms with Gasteiger partial charge in [0.05, 0.1) is 12.1 Å². The first-order valence-corrected chi connectivity index (χ1v) is 6.39. The van der Waals surface area contributed by atoms with Crippen molar-refractivity contribution >= 4 is 0 Å². The van der Waals surface area contributed by atoms with Gasteiger partial charge < -0.3 is 10.5 Å². The van der Waals surface area contributed by atoms with Gasteiger partial charge >= 0.3 is 0 Å². The molecule has 19 heavy (non-hydrogen) atoms. The number of hydrogen-bond acceptors (Lipinski definition) is 2. The van der Waals surface area contributed by atoms with Crippen molar-refractivity contribution in [3.05, 3.63) is 65.0 Å². The Kier molecular flexibility index (Phi) is 2.79. The first kappa shape index (κ1) is 12.2. The maximum atomic E-state index is 13.9. The van der Waals surface area contributed by atoms with Gasteiger partial charge in [0, 0.05) is 12.0 Å². The second-order valence-corrected chi connectivity index (χ2v) is 5.10. The summed E-state index contributed by atoms with van der Waals surface area (Å²) >= 11 is 0. The van der Waals surface area contributed by atoms with Crippen molar-refractivity contribution in [1.29, 1.82) is 0 Å². The zero-order valence-electron chi connectivity index (χ0n) is 10.8. The largest absolute Gasteiger partial charge is 0.493 e. The smallest absolute Gasteiger partial charge is 0.128 e. The third-order valence-corrected chi connectivity index (χ3v) is 3.72. The van der Waals surface area contributed by atoms with E-state index < -0.39 is 5.54 Å². The number of rotatable bonds is 2. The number of fused-ring (bicyclic) bond motifs is 1. The van der Waals surface area contributed by atoms with E-state index in [1.54, 1.807) is 18.2 Å². The lowest BCUT2D eigenvalue weighted by atomic mass is 9.84. The molecule has 2 aromatic carbocycles. The van der Waals surface area contributed by atoms with Crippen molar-refractivity contribution in [2.75, 3.05) is 6.61 Å². The second kappa shape index (κ2) is 4.35. The third-order valence-electron chi connectivity index (χ3n) is 3.72. The van der Waals surface area contributed by atoms with Gasteiger partial charge in [-0.3, -0.25) is 0 Å². The Hall–Kier alpha value is -1.87. The summed E-state index contributed by atoms with van der Waals surface area (Å²) in [4.78, 5) is 0. The van der Waals surface area contributed by atoms with Crippen LogP contribution in [0.4, 0.5) is 4.39 Å². The molecule has 0 saturated carbocycles. The third kappa shape index (κ3) is 2.00. The molecule has 3 rings (SSSR count). The fourth-order valence-electron chi connectivity index (χ4n) is 2.55. The van der Waals surface area contributed by atoms with E-state index in [1.165, 1.54) is 6.07 Å². The molecule has 3 heteroatoms. The van der Waals surface area contributed by atoms with Gasteiger partial charge in [0.1, 0.15) is 11.6 Å². The molecule has 1 atom stereocenters. The molecular weight excluding hydrogens is 241 g/mol. The molecule has 0 aromatic heterocycles. The van der Waals surface area contributed by atoms with Gasteiger partial charge in [-0.05, 0) is 36.2 Å². The highest BCUT2D eigenvalue weighted by molar-refractivity contribution is 5.45. The predicted octanol–water partition coefficient (Wildman–Crippen LogP) is 2.98. The van der Waals surface area contributed by atoms with Crippen LogP contribution in [0, 0.1) is 5.82 Å². The van der Waals surface area contributed by atoms with E-state index >= 15 is 0 Å². The van der Waals surface area contributed by atoms with Gasteiger partial charge in [-0.15, -0.1) is 0 Å². The van der Waals surface area contributed by atoms with E-state index in [9.17, 15) is 4.39 Å². The highest BCUT2D eigenvalue weighted by Crippen LogP contribution is 2.33. The number of hydrogen-bond donors (Lipinski definition) is 1. The summed E-state index contributed by atoms with van der Waals surface area (Å²) in [5.41, 5.74) is 8.09. The summed E-state index contributed by atoms with van der Waals surface area (Å²) in [6.45, 7) is 2.54. The van der Waals surface area contributed by atoms with Crippen LogP contribution in [0.3, 0.4) is 0 Å². The van der Waals surface area contributed by atoms with Crippen LogP contribution >= 0.6 is 0 Å². The summed E-state index contributed by atoms with van der Waals surface area (Å²) in [5.74, 6) is 0.636. The molecule has 2 nitrogen and oxygen atoms in total. The zero-order chi connectivity index (χ0) is 13.5. The predicted molar refractivity (Wildman–Crippen MR) is 72.7 cm³/mol. The second-order valence-electron chi connectivity index (χ2n) is 5.10. The normalized spacial score (nSPS) is 16.6. The van der Waals surface area contributed by atoms with Crippen molar-refractivity contribution < 1.29 is 9.13 Å². The molecule has 1 aliphatic heterocycles. The molecule has 0 saturated heterocycles. The average molecular weight is 257 g/mol. The Morgan fingerprint density at radius 2 is 2.00 bits per heavy atom. The van der Waals surface area contributed by atoms with Crippen LogP contribution in [0.1, 0.15) is 23.6 Å². The minimum Gasteiger partial charge on any atom is -0.493 e. The monoisotopic (exact) mass is 257 g/mol. The van der Waals surface area contributed by atoms with Crippen LogP contribution in [-0.4, -0.2) is 6.61 Å². The van der Waals surface area contributed by atoms with Gasteiger partial charge in [0.15, 0.2) is 0 Å². The minimum atomic E-state index is -0.844. The fraction of sp³-hybridized carbons (Fsp3) is 0.250. The molecule has 1 aliphatic rings. The van der Waals surface area contributed by atoms with Crippen LogP contribution in [0.2, 0.25) is 0 Å². The van der Waals surface area contributed by atoms with Gasteiger partial charge in [-0.25, -0.2) is 4.39 Å². The molecule has 1 heterocycles. The quantitative estimate of drug-likeness (QED) is 0.897. The number of nitrogens with two attached hydrogens (primary N) is 1. The molecule has 0 radical (unpaired) electrons. The van der Waals surface area contributed by atoms with Crippen LogP contribution < -0.4 is 10.5 Å². The van der Waals surface area contributed by atoms with E-state index in [2.05, 4.69) is 0 Å². The first-order chi connectivity index (χ1) is 9.09. The maximum absolute atomic E-state index is 13.9. The maximum Gasteiger partial charge on any atom is 0.128 e. The molecule has 0 bridgehead atoms. The highest BCUT2D eigenvalue weighted by atomic mass is 19.1. The average Bonchev–Trinajstić information content (AvgIpc) is 2.86. The van der Waals surface area contributed by atoms with Crippen molar-refractivity contribution in [1.82, 2.24) is 0 Å². The zero-order valence-corrected chi connectivity index (χ0v) is 10.8. The molecule has 1 unspecified atom stereocenters. The van der Waals surface area contributed by atoms with Gasteiger partial charge in [-0.1, -0.05) is 24.3 Å². The minimum absolute atomic E-state index is 0.274. The topological polar surface area (TPSA) is 35.2 Å². The molecule has 0 fully saturated rings. The van der Waals surface area contributed by atoms with Crippen molar-refractivity contribution in [3.8, 4) is 5.75 Å². The van der Waals surface area contributed by atoms with Crippen molar-refractivity contribution in [2.24, 2.45) is 5.73 Å². The molecule has 0 aliphatic carbocycles. The van der Waals surface area contributed by atoms with Crippen molar-refractivity contribution in [2.45, 2.75) is 18.9 Å². The molecule has 0 spiro atoms. The van der Waals surface area contributed by atoms with Crippen molar-refractivity contribution in [3.63, 3.8) is 0 Å². The van der Waals surface area contributed by atoms with Gasteiger partial charge in [0.25, 0.3) is 0 Å². The first-order valence-electron chi connectivity index (χ1n) is 6.39. The number of benzene rings is 2. The highest BCUT2D eigenvalue weighted by Gasteiger charge is 2.28. The fourth-order valence-corrected chi connectivity index (χ4v) is 2.55. The van der Waals surface area contributed by atoms with E-state index in [4.69, 9.17) is 10.5 Å². The van der Waals surface area contributed by atoms with Gasteiger partial charge in [0.2, 0.25) is 0 Å². The number of ether oxygens (including phenoxy) is 1. The van der Waals surface area contributed by atoms with Crippen LogP contribution in [0.5, 0.6) is 5.75 Å². The summed E-state index contributed by atoms with van der Waals surface area (Å²) in [7, 11) is 0. The summed E-state index contributed by atoms with van der Waals surface area (Å²) < 4.78 is 19.4. The molecule has 98 valence electrons. The Labute approximate surface area is 112 Å². The lowest BCUT2D eigenvalue weighted by molar-refractivity contribution is 0.356. The standard InChI is InChI=1S/C16H16FNO/c1-16(18,13-4-2-3-5-14(13)17)12-6-7-15-11(10-12)8-9-19-15/h2-7,10H,8-9,18H2,1H3.